The number of likely N-dealkylation sites (tertiary alicyclic amines) is 1. The summed E-state index contributed by atoms with van der Waals surface area (Å²) in [6.45, 7) is 1.09. The number of imidazole rings is 1. The molecular weight excluding hydrogens is 355 g/mol. The minimum absolute atomic E-state index is 0.0875. The van der Waals surface area contributed by atoms with Crippen molar-refractivity contribution >= 4 is 16.9 Å². The number of nitrogens with zero attached hydrogens (tertiary/aromatic N) is 2. The van der Waals surface area contributed by atoms with Gasteiger partial charge in [-0.1, -0.05) is 12.1 Å². The molecule has 2 heterocycles. The number of aromatic amines is 1. The van der Waals surface area contributed by atoms with Crippen LogP contribution in [0.4, 0.5) is 13.2 Å². The Kier molecular flexibility index (Phi) is 4.37. The fourth-order valence-electron chi connectivity index (χ4n) is 3.54. The summed E-state index contributed by atoms with van der Waals surface area (Å²) in [5, 5.41) is 0. The Hall–Kier alpha value is -2.83. The maximum absolute atomic E-state index is 12.7. The molecular formula is C20H18F3N3O. The predicted octanol–water partition coefficient (Wildman–Crippen LogP) is 4.60. The third-order valence-electron chi connectivity index (χ3n) is 4.96. The zero-order chi connectivity index (χ0) is 19.0. The lowest BCUT2D eigenvalue weighted by Crippen LogP contribution is -2.39. The van der Waals surface area contributed by atoms with Crippen LogP contribution in [0, 0.1) is 0 Å². The Bertz CT molecular complexity index is 930. The molecule has 1 fully saturated rings. The summed E-state index contributed by atoms with van der Waals surface area (Å²) in [4.78, 5) is 22.4. The highest BCUT2D eigenvalue weighted by atomic mass is 19.4. The highest BCUT2D eigenvalue weighted by molar-refractivity contribution is 5.94. The van der Waals surface area contributed by atoms with Crippen LogP contribution in [0.2, 0.25) is 0 Å². The third kappa shape index (κ3) is 3.54. The topological polar surface area (TPSA) is 49.0 Å². The molecule has 0 saturated carbocycles. The quantitative estimate of drug-likeness (QED) is 0.714. The van der Waals surface area contributed by atoms with Crippen LogP contribution in [0.15, 0.2) is 48.5 Å². The van der Waals surface area contributed by atoms with E-state index in [0.29, 0.717) is 13.1 Å². The molecule has 140 valence electrons. The lowest BCUT2D eigenvalue weighted by atomic mass is 9.96. The Balaban J connectivity index is 1.51. The van der Waals surface area contributed by atoms with Crippen LogP contribution < -0.4 is 0 Å². The molecule has 1 saturated heterocycles. The fourth-order valence-corrected chi connectivity index (χ4v) is 3.54. The summed E-state index contributed by atoms with van der Waals surface area (Å²) in [6.07, 6.45) is -2.66. The van der Waals surface area contributed by atoms with Crippen molar-refractivity contribution in [1.29, 1.82) is 0 Å². The van der Waals surface area contributed by atoms with Gasteiger partial charge in [-0.25, -0.2) is 4.98 Å². The molecule has 0 aliphatic carbocycles. The van der Waals surface area contributed by atoms with Gasteiger partial charge in [0.15, 0.2) is 0 Å². The Morgan fingerprint density at radius 3 is 2.56 bits per heavy atom. The van der Waals surface area contributed by atoms with E-state index in [9.17, 15) is 18.0 Å². The number of alkyl halides is 3. The van der Waals surface area contributed by atoms with E-state index in [1.54, 1.807) is 4.90 Å². The molecule has 1 aliphatic heterocycles. The second-order valence-corrected chi connectivity index (χ2v) is 6.80. The van der Waals surface area contributed by atoms with Crippen molar-refractivity contribution in [3.05, 3.63) is 65.5 Å². The summed E-state index contributed by atoms with van der Waals surface area (Å²) >= 11 is 0. The molecule has 4 rings (SSSR count). The summed E-state index contributed by atoms with van der Waals surface area (Å²) in [6, 6.07) is 12.1. The molecule has 27 heavy (non-hydrogen) atoms. The van der Waals surface area contributed by atoms with E-state index in [4.69, 9.17) is 0 Å². The molecule has 1 amide bonds. The van der Waals surface area contributed by atoms with Crippen molar-refractivity contribution in [2.75, 3.05) is 13.1 Å². The van der Waals surface area contributed by atoms with E-state index in [-0.39, 0.29) is 17.4 Å². The molecule has 1 N–H and O–H groups in total. The van der Waals surface area contributed by atoms with Crippen LogP contribution in [0.1, 0.15) is 40.5 Å². The van der Waals surface area contributed by atoms with E-state index >= 15 is 0 Å². The number of fused-ring (bicyclic) bond motifs is 1. The molecule has 0 radical (unpaired) electrons. The molecule has 1 aliphatic rings. The highest BCUT2D eigenvalue weighted by Gasteiger charge is 2.31. The first-order valence-corrected chi connectivity index (χ1v) is 8.83. The van der Waals surface area contributed by atoms with Crippen LogP contribution in [0.25, 0.3) is 11.0 Å². The number of carbonyl (C=O) groups is 1. The van der Waals surface area contributed by atoms with Crippen molar-refractivity contribution in [2.24, 2.45) is 0 Å². The van der Waals surface area contributed by atoms with Crippen molar-refractivity contribution in [2.45, 2.75) is 24.9 Å². The molecule has 0 spiro atoms. The summed E-state index contributed by atoms with van der Waals surface area (Å²) in [7, 11) is 0. The standard InChI is InChI=1S/C20H18F3N3O/c21-20(22,23)15-9-7-13(8-10-15)19(27)26-11-3-4-14(12-26)18-24-16-5-1-2-6-17(16)25-18/h1-2,5-10,14H,3-4,11-12H2,(H,24,25)/t14-/m0/s1. The van der Waals surface area contributed by atoms with E-state index in [1.807, 2.05) is 24.3 Å². The second kappa shape index (κ2) is 6.72. The number of amides is 1. The molecule has 3 aromatic rings. The molecule has 0 bridgehead atoms. The number of carbonyl (C=O) groups excluding carboxylic acids is 1. The van der Waals surface area contributed by atoms with Gasteiger partial charge in [0.1, 0.15) is 5.82 Å². The smallest absolute Gasteiger partial charge is 0.342 e. The number of piperidine rings is 1. The van der Waals surface area contributed by atoms with Gasteiger partial charge in [0.25, 0.3) is 5.91 Å². The summed E-state index contributed by atoms with van der Waals surface area (Å²) in [5.74, 6) is 0.690. The predicted molar refractivity (Wildman–Crippen MR) is 95.4 cm³/mol. The van der Waals surface area contributed by atoms with Gasteiger partial charge < -0.3 is 9.88 Å². The summed E-state index contributed by atoms with van der Waals surface area (Å²) < 4.78 is 38.1. The summed E-state index contributed by atoms with van der Waals surface area (Å²) in [5.41, 5.74) is 1.36. The number of H-pyrrole nitrogens is 1. The van der Waals surface area contributed by atoms with E-state index in [1.165, 1.54) is 12.1 Å². The zero-order valence-electron chi connectivity index (χ0n) is 14.5. The molecule has 2 aromatic carbocycles. The van der Waals surface area contributed by atoms with Gasteiger partial charge >= 0.3 is 6.18 Å². The Morgan fingerprint density at radius 1 is 1.11 bits per heavy atom. The monoisotopic (exact) mass is 373 g/mol. The lowest BCUT2D eigenvalue weighted by Gasteiger charge is -2.32. The number of aromatic nitrogens is 2. The van der Waals surface area contributed by atoms with Crippen LogP contribution in [0.3, 0.4) is 0 Å². The van der Waals surface area contributed by atoms with Crippen molar-refractivity contribution in [3.8, 4) is 0 Å². The van der Waals surface area contributed by atoms with E-state index < -0.39 is 11.7 Å². The number of hydrogen-bond acceptors (Lipinski definition) is 2. The first-order valence-electron chi connectivity index (χ1n) is 8.83. The molecule has 1 aromatic heterocycles. The first-order chi connectivity index (χ1) is 12.9. The van der Waals surface area contributed by atoms with Gasteiger partial charge in [-0.15, -0.1) is 0 Å². The number of hydrogen-bond donors (Lipinski definition) is 1. The van der Waals surface area contributed by atoms with Crippen molar-refractivity contribution in [1.82, 2.24) is 14.9 Å². The van der Waals surface area contributed by atoms with Crippen molar-refractivity contribution < 1.29 is 18.0 Å². The van der Waals surface area contributed by atoms with Crippen LogP contribution in [0.5, 0.6) is 0 Å². The van der Waals surface area contributed by atoms with Crippen molar-refractivity contribution in [3.63, 3.8) is 0 Å². The maximum atomic E-state index is 12.7. The first kappa shape index (κ1) is 17.6. The van der Waals surface area contributed by atoms with Gasteiger partial charge in [0.05, 0.1) is 16.6 Å². The third-order valence-corrected chi connectivity index (χ3v) is 4.96. The fraction of sp³-hybridized carbons (Fsp3) is 0.300. The van der Waals surface area contributed by atoms with Gasteiger partial charge in [0, 0.05) is 24.6 Å². The van der Waals surface area contributed by atoms with Gasteiger partial charge in [-0.2, -0.15) is 13.2 Å². The van der Waals surface area contributed by atoms with Crippen LogP contribution in [-0.4, -0.2) is 33.9 Å². The second-order valence-electron chi connectivity index (χ2n) is 6.80. The number of benzene rings is 2. The minimum atomic E-state index is -4.40. The highest BCUT2D eigenvalue weighted by Crippen LogP contribution is 2.30. The van der Waals surface area contributed by atoms with E-state index in [0.717, 1.165) is 41.8 Å². The average molecular weight is 373 g/mol. The number of para-hydroxylation sites is 2. The van der Waals surface area contributed by atoms with E-state index in [2.05, 4.69) is 9.97 Å². The van der Waals surface area contributed by atoms with Crippen LogP contribution in [-0.2, 0) is 6.18 Å². The molecule has 0 unspecified atom stereocenters. The largest absolute Gasteiger partial charge is 0.416 e. The zero-order valence-corrected chi connectivity index (χ0v) is 14.5. The average Bonchev–Trinajstić information content (AvgIpc) is 3.11. The Labute approximate surface area is 154 Å². The molecule has 1 atom stereocenters. The normalized spacial score (nSPS) is 18.0. The van der Waals surface area contributed by atoms with Gasteiger partial charge in [-0.05, 0) is 49.2 Å². The SMILES string of the molecule is O=C(c1ccc(C(F)(F)F)cc1)N1CCC[C@H](c2nc3ccccc3[nH]2)C1. The number of nitrogens with one attached hydrogen (secondary N) is 1. The lowest BCUT2D eigenvalue weighted by molar-refractivity contribution is -0.137. The minimum Gasteiger partial charge on any atom is -0.342 e. The van der Waals surface area contributed by atoms with Gasteiger partial charge in [-0.3, -0.25) is 4.79 Å². The Morgan fingerprint density at radius 2 is 1.85 bits per heavy atom. The maximum Gasteiger partial charge on any atom is 0.416 e. The molecule has 7 heteroatoms. The number of halogens is 3. The van der Waals surface area contributed by atoms with Crippen LogP contribution >= 0.6 is 0 Å². The van der Waals surface area contributed by atoms with Gasteiger partial charge in [0.2, 0.25) is 0 Å². The number of rotatable bonds is 2. The molecule has 4 nitrogen and oxygen atoms in total.